The fourth-order valence-electron chi connectivity index (χ4n) is 0.474. The minimum Gasteiger partial charge on any atom is -0.762 e. The van der Waals surface area contributed by atoms with E-state index in [9.17, 15) is 5.21 Å². The van der Waals surface area contributed by atoms with Gasteiger partial charge in [-0.1, -0.05) is 0 Å². The summed E-state index contributed by atoms with van der Waals surface area (Å²) in [5.74, 6) is 0. The lowest BCUT2D eigenvalue weighted by Crippen LogP contribution is -2.21. The number of ether oxygens (including phenoxy) is 1. The molecule has 0 aliphatic heterocycles. The molecule has 0 rings (SSSR count). The van der Waals surface area contributed by atoms with Crippen molar-refractivity contribution in [3.8, 4) is 0 Å². The average Bonchev–Trinajstić information content (AvgIpc) is 1.63. The van der Waals surface area contributed by atoms with E-state index in [4.69, 9.17) is 4.74 Å². The van der Waals surface area contributed by atoms with Crippen molar-refractivity contribution in [1.82, 2.24) is 5.23 Å². The second-order valence-electron chi connectivity index (χ2n) is 1.57. The lowest BCUT2D eigenvalue weighted by atomic mass is 10.7. The zero-order valence-corrected chi connectivity index (χ0v) is 5.96. The Bertz CT molecular complexity index is 67.2. The SMILES string of the molecule is CCOC(C)ON(C)[O-]. The smallest absolute Gasteiger partial charge is 0.173 e. The van der Waals surface area contributed by atoms with Gasteiger partial charge in [-0.25, -0.2) is 0 Å². The van der Waals surface area contributed by atoms with Crippen molar-refractivity contribution in [3.63, 3.8) is 0 Å². The van der Waals surface area contributed by atoms with Crippen LogP contribution in [-0.2, 0) is 9.57 Å². The fourth-order valence-corrected chi connectivity index (χ4v) is 0.474. The zero-order valence-electron chi connectivity index (χ0n) is 5.96. The van der Waals surface area contributed by atoms with Gasteiger partial charge in [0.05, 0.1) is 0 Å². The first-order valence-corrected chi connectivity index (χ1v) is 2.86. The van der Waals surface area contributed by atoms with E-state index in [2.05, 4.69) is 4.84 Å². The van der Waals surface area contributed by atoms with E-state index in [1.165, 1.54) is 7.05 Å². The summed E-state index contributed by atoms with van der Waals surface area (Å²) in [6.45, 7) is 4.05. The van der Waals surface area contributed by atoms with Crippen molar-refractivity contribution in [1.29, 1.82) is 0 Å². The standard InChI is InChI=1S/C5H12NO3/c1-4-8-5(2)9-6(3)7/h5H,4H2,1-3H3/q-1. The highest BCUT2D eigenvalue weighted by Gasteiger charge is 1.97. The van der Waals surface area contributed by atoms with Crippen LogP contribution in [0.4, 0.5) is 0 Å². The number of hydroxylamine groups is 2. The zero-order chi connectivity index (χ0) is 7.28. The van der Waals surface area contributed by atoms with Gasteiger partial charge in [0.2, 0.25) is 0 Å². The van der Waals surface area contributed by atoms with Crippen molar-refractivity contribution in [2.24, 2.45) is 0 Å². The van der Waals surface area contributed by atoms with Crippen LogP contribution in [0.1, 0.15) is 13.8 Å². The minimum atomic E-state index is -0.447. The molecule has 0 aliphatic carbocycles. The van der Waals surface area contributed by atoms with Crippen LogP contribution in [0, 0.1) is 5.21 Å². The van der Waals surface area contributed by atoms with Gasteiger partial charge in [0.25, 0.3) is 0 Å². The van der Waals surface area contributed by atoms with Gasteiger partial charge in [0.1, 0.15) is 0 Å². The maximum atomic E-state index is 10.1. The summed E-state index contributed by atoms with van der Waals surface area (Å²) in [6.07, 6.45) is -0.447. The van der Waals surface area contributed by atoms with Crippen LogP contribution in [0.3, 0.4) is 0 Å². The van der Waals surface area contributed by atoms with Gasteiger partial charge in [0, 0.05) is 6.61 Å². The molecule has 0 saturated heterocycles. The molecule has 0 aromatic rings. The minimum absolute atomic E-state index is 0.375. The van der Waals surface area contributed by atoms with E-state index < -0.39 is 6.29 Å². The van der Waals surface area contributed by atoms with Gasteiger partial charge >= 0.3 is 0 Å². The second-order valence-corrected chi connectivity index (χ2v) is 1.57. The molecule has 4 heteroatoms. The van der Waals surface area contributed by atoms with E-state index in [0.29, 0.717) is 11.8 Å². The van der Waals surface area contributed by atoms with E-state index in [0.717, 1.165) is 0 Å². The summed E-state index contributed by atoms with van der Waals surface area (Å²) in [5, 5.41) is 10.5. The van der Waals surface area contributed by atoms with Crippen molar-refractivity contribution in [2.45, 2.75) is 20.1 Å². The number of nitrogens with zero attached hydrogens (tertiary/aromatic N) is 1. The number of hydrogen-bond donors (Lipinski definition) is 0. The van der Waals surface area contributed by atoms with Gasteiger partial charge in [-0.05, 0) is 20.9 Å². The Balaban J connectivity index is 3.15. The van der Waals surface area contributed by atoms with E-state index >= 15 is 0 Å². The molecule has 0 heterocycles. The van der Waals surface area contributed by atoms with E-state index in [1.807, 2.05) is 6.92 Å². The summed E-state index contributed by atoms with van der Waals surface area (Å²) in [4.78, 5) is 4.55. The lowest BCUT2D eigenvalue weighted by Gasteiger charge is -2.25. The molecule has 0 bridgehead atoms. The van der Waals surface area contributed by atoms with Crippen LogP contribution >= 0.6 is 0 Å². The first kappa shape index (κ1) is 8.84. The molecular formula is C5H12NO3-. The van der Waals surface area contributed by atoms with Crippen molar-refractivity contribution in [2.75, 3.05) is 13.7 Å². The fraction of sp³-hybridized carbons (Fsp3) is 1.00. The molecule has 0 aromatic heterocycles. The highest BCUT2D eigenvalue weighted by atomic mass is 16.9. The van der Waals surface area contributed by atoms with Crippen LogP contribution in [0.15, 0.2) is 0 Å². The Morgan fingerprint density at radius 1 is 1.67 bits per heavy atom. The molecule has 0 N–H and O–H groups in total. The van der Waals surface area contributed by atoms with Crippen molar-refractivity contribution < 1.29 is 9.57 Å². The Hall–Kier alpha value is -0.160. The topological polar surface area (TPSA) is 44.8 Å². The van der Waals surface area contributed by atoms with E-state index in [-0.39, 0.29) is 0 Å². The first-order chi connectivity index (χ1) is 4.16. The molecule has 0 amide bonds. The molecule has 0 fully saturated rings. The van der Waals surface area contributed by atoms with Gasteiger partial charge in [-0.3, -0.25) is 10.1 Å². The summed E-state index contributed by atoms with van der Waals surface area (Å²) < 4.78 is 4.89. The maximum absolute atomic E-state index is 10.1. The Labute approximate surface area is 54.9 Å². The molecule has 0 radical (unpaired) electrons. The van der Waals surface area contributed by atoms with Crippen LogP contribution in [0.2, 0.25) is 0 Å². The van der Waals surface area contributed by atoms with E-state index in [1.54, 1.807) is 6.92 Å². The maximum Gasteiger partial charge on any atom is 0.173 e. The van der Waals surface area contributed by atoms with Gasteiger partial charge < -0.3 is 9.94 Å². The quantitative estimate of drug-likeness (QED) is 0.420. The Morgan fingerprint density at radius 2 is 2.22 bits per heavy atom. The Morgan fingerprint density at radius 3 is 2.56 bits per heavy atom. The first-order valence-electron chi connectivity index (χ1n) is 2.86. The van der Waals surface area contributed by atoms with Crippen molar-refractivity contribution in [3.05, 3.63) is 5.21 Å². The van der Waals surface area contributed by atoms with Gasteiger partial charge in [-0.2, -0.15) is 0 Å². The molecule has 56 valence electrons. The molecule has 4 nitrogen and oxygen atoms in total. The third kappa shape index (κ3) is 5.72. The molecule has 1 atom stereocenters. The summed E-state index contributed by atoms with van der Waals surface area (Å²) >= 11 is 0. The molecule has 1 unspecified atom stereocenters. The molecule has 9 heavy (non-hydrogen) atoms. The van der Waals surface area contributed by atoms with Crippen molar-refractivity contribution >= 4 is 0 Å². The lowest BCUT2D eigenvalue weighted by molar-refractivity contribution is -0.240. The molecule has 0 spiro atoms. The highest BCUT2D eigenvalue weighted by molar-refractivity contribution is 4.30. The molecule has 0 saturated carbocycles. The molecule has 0 aliphatic rings. The third-order valence-electron chi connectivity index (χ3n) is 0.698. The summed E-state index contributed by atoms with van der Waals surface area (Å²) in [6, 6.07) is 0. The summed E-state index contributed by atoms with van der Waals surface area (Å²) in [7, 11) is 1.27. The largest absolute Gasteiger partial charge is 0.762 e. The summed E-state index contributed by atoms with van der Waals surface area (Å²) in [5.41, 5.74) is 0. The highest BCUT2D eigenvalue weighted by Crippen LogP contribution is 1.93. The van der Waals surface area contributed by atoms with Crippen LogP contribution in [-0.4, -0.2) is 25.2 Å². The van der Waals surface area contributed by atoms with Crippen LogP contribution in [0.25, 0.3) is 0 Å². The Kier molecular flexibility index (Phi) is 4.61. The molecular weight excluding hydrogens is 122 g/mol. The molecule has 0 aromatic carbocycles. The number of rotatable bonds is 4. The predicted molar refractivity (Wildman–Crippen MR) is 33.3 cm³/mol. The normalized spacial score (nSPS) is 14.3. The van der Waals surface area contributed by atoms with Crippen LogP contribution < -0.4 is 0 Å². The van der Waals surface area contributed by atoms with Gasteiger partial charge in [0.15, 0.2) is 6.29 Å². The van der Waals surface area contributed by atoms with Gasteiger partial charge in [-0.15, -0.1) is 0 Å². The predicted octanol–water partition coefficient (Wildman–Crippen LogP) is 0.730. The average molecular weight is 134 g/mol. The monoisotopic (exact) mass is 134 g/mol. The number of hydrogen-bond acceptors (Lipinski definition) is 4. The third-order valence-corrected chi connectivity index (χ3v) is 0.698. The second kappa shape index (κ2) is 4.69. The van der Waals surface area contributed by atoms with Crippen LogP contribution in [0.5, 0.6) is 0 Å².